The third-order valence-electron chi connectivity index (χ3n) is 4.78. The minimum absolute atomic E-state index is 0.0898. The second-order valence-electron chi connectivity index (χ2n) is 6.46. The lowest BCUT2D eigenvalue weighted by Crippen LogP contribution is -2.48. The van der Waals surface area contributed by atoms with Crippen LogP contribution in [0, 0.1) is 11.3 Å². The van der Waals surface area contributed by atoms with E-state index in [0.29, 0.717) is 31.7 Å². The van der Waals surface area contributed by atoms with Gasteiger partial charge in [0.15, 0.2) is 11.3 Å². The highest BCUT2D eigenvalue weighted by molar-refractivity contribution is 6.04. The van der Waals surface area contributed by atoms with Crippen LogP contribution in [0.25, 0.3) is 11.1 Å². The number of aromatic nitrogens is 1. The van der Waals surface area contributed by atoms with Gasteiger partial charge in [0, 0.05) is 44.1 Å². The fourth-order valence-corrected chi connectivity index (χ4v) is 3.34. The quantitative estimate of drug-likeness (QED) is 0.692. The van der Waals surface area contributed by atoms with Crippen molar-refractivity contribution < 1.29 is 18.0 Å². The Bertz CT molecular complexity index is 1070. The first-order valence-electron chi connectivity index (χ1n) is 8.78. The molecule has 0 radical (unpaired) electrons. The maximum Gasteiger partial charge on any atom is 0.295 e. The molecule has 0 saturated carbocycles. The molecule has 0 bridgehead atoms. The van der Waals surface area contributed by atoms with Gasteiger partial charge < -0.3 is 14.2 Å². The molecule has 2 aromatic heterocycles. The predicted molar refractivity (Wildman–Crippen MR) is 98.2 cm³/mol. The van der Waals surface area contributed by atoms with E-state index < -0.39 is 12.2 Å². The summed E-state index contributed by atoms with van der Waals surface area (Å²) in [5, 5.41) is 9.04. The normalized spacial score (nSPS) is 14.5. The number of fused-ring (bicyclic) bond motifs is 1. The molecule has 3 aromatic rings. The Balaban J connectivity index is 1.51. The van der Waals surface area contributed by atoms with E-state index in [4.69, 9.17) is 9.68 Å². The van der Waals surface area contributed by atoms with Gasteiger partial charge in [-0.2, -0.15) is 5.26 Å². The maximum atomic E-state index is 12.9. The lowest BCUT2D eigenvalue weighted by Gasteiger charge is -2.36. The van der Waals surface area contributed by atoms with Crippen LogP contribution in [0.1, 0.15) is 28.1 Å². The monoisotopic (exact) mass is 382 g/mol. The number of nitrogens with zero attached hydrogens (tertiary/aromatic N) is 4. The predicted octanol–water partition coefficient (Wildman–Crippen LogP) is 3.60. The van der Waals surface area contributed by atoms with Crippen LogP contribution in [0.15, 0.2) is 47.0 Å². The largest absolute Gasteiger partial charge is 0.452 e. The van der Waals surface area contributed by atoms with Crippen molar-refractivity contribution in [2.45, 2.75) is 6.43 Å². The molecule has 4 rings (SSSR count). The molecular weight excluding hydrogens is 366 g/mol. The maximum absolute atomic E-state index is 12.9. The molecule has 0 atom stereocenters. The zero-order chi connectivity index (χ0) is 19.7. The SMILES string of the molecule is N#Cc1cccc(N2CCN(C(=O)c3ccnc4cc(C(F)F)oc34)CC2)c1. The summed E-state index contributed by atoms with van der Waals surface area (Å²) in [4.78, 5) is 20.7. The number of furan rings is 1. The molecule has 28 heavy (non-hydrogen) atoms. The van der Waals surface area contributed by atoms with E-state index >= 15 is 0 Å². The number of alkyl halides is 2. The van der Waals surface area contributed by atoms with E-state index in [2.05, 4.69) is 16.0 Å². The van der Waals surface area contributed by atoms with Crippen LogP contribution in [0.4, 0.5) is 14.5 Å². The van der Waals surface area contributed by atoms with Crippen molar-refractivity contribution in [3.05, 3.63) is 59.5 Å². The molecule has 1 fully saturated rings. The number of nitriles is 1. The highest BCUT2D eigenvalue weighted by Gasteiger charge is 2.26. The number of hydrogen-bond acceptors (Lipinski definition) is 5. The van der Waals surface area contributed by atoms with Gasteiger partial charge >= 0.3 is 0 Å². The Morgan fingerprint density at radius 1 is 1.18 bits per heavy atom. The summed E-state index contributed by atoms with van der Waals surface area (Å²) in [5.74, 6) is -0.766. The topological polar surface area (TPSA) is 73.4 Å². The van der Waals surface area contributed by atoms with E-state index in [1.165, 1.54) is 12.3 Å². The van der Waals surface area contributed by atoms with E-state index in [9.17, 15) is 13.6 Å². The summed E-state index contributed by atoms with van der Waals surface area (Å²) in [6.07, 6.45) is -1.34. The van der Waals surface area contributed by atoms with Crippen molar-refractivity contribution >= 4 is 22.7 Å². The Kier molecular flexibility index (Phi) is 4.65. The van der Waals surface area contributed by atoms with Crippen LogP contribution in [0.5, 0.6) is 0 Å². The molecule has 0 aliphatic carbocycles. The van der Waals surface area contributed by atoms with E-state index in [1.54, 1.807) is 11.0 Å². The van der Waals surface area contributed by atoms with Gasteiger partial charge in [0.1, 0.15) is 5.52 Å². The third kappa shape index (κ3) is 3.27. The van der Waals surface area contributed by atoms with Crippen molar-refractivity contribution in [3.8, 4) is 6.07 Å². The molecule has 6 nitrogen and oxygen atoms in total. The van der Waals surface area contributed by atoms with Gasteiger partial charge in [-0.1, -0.05) is 6.07 Å². The molecule has 0 unspecified atom stereocenters. The van der Waals surface area contributed by atoms with Crippen LogP contribution in [-0.4, -0.2) is 42.0 Å². The molecule has 0 spiro atoms. The number of pyridine rings is 1. The first-order valence-corrected chi connectivity index (χ1v) is 8.78. The first-order chi connectivity index (χ1) is 13.6. The molecule has 1 aromatic carbocycles. The Labute approximate surface area is 159 Å². The average molecular weight is 382 g/mol. The summed E-state index contributed by atoms with van der Waals surface area (Å²) >= 11 is 0. The molecular formula is C20H16F2N4O2. The molecule has 3 heterocycles. The standard InChI is InChI=1S/C20H16F2N4O2/c21-19(22)17-11-16-18(28-17)15(4-5-24-16)20(27)26-8-6-25(7-9-26)14-3-1-2-13(10-14)12-23/h1-5,10-11,19H,6-9H2. The second kappa shape index (κ2) is 7.27. The van der Waals surface area contributed by atoms with Crippen LogP contribution < -0.4 is 4.90 Å². The number of benzene rings is 1. The van der Waals surface area contributed by atoms with Gasteiger partial charge in [-0.05, 0) is 24.3 Å². The zero-order valence-corrected chi connectivity index (χ0v) is 14.8. The van der Waals surface area contributed by atoms with E-state index in [1.807, 2.05) is 18.2 Å². The zero-order valence-electron chi connectivity index (χ0n) is 14.8. The van der Waals surface area contributed by atoms with Gasteiger partial charge in [-0.3, -0.25) is 9.78 Å². The van der Waals surface area contributed by atoms with Crippen molar-refractivity contribution in [2.75, 3.05) is 31.1 Å². The number of halogens is 2. The van der Waals surface area contributed by atoms with Gasteiger partial charge in [-0.25, -0.2) is 8.78 Å². The van der Waals surface area contributed by atoms with Crippen LogP contribution in [0.3, 0.4) is 0 Å². The van der Waals surface area contributed by atoms with Crippen LogP contribution >= 0.6 is 0 Å². The number of anilines is 1. The summed E-state index contributed by atoms with van der Waals surface area (Å²) < 4.78 is 31.0. The number of carbonyl (C=O) groups excluding carboxylic acids is 1. The van der Waals surface area contributed by atoms with E-state index in [0.717, 1.165) is 11.8 Å². The summed E-state index contributed by atoms with van der Waals surface area (Å²) in [7, 11) is 0. The van der Waals surface area contributed by atoms with Crippen molar-refractivity contribution in [1.29, 1.82) is 5.26 Å². The van der Waals surface area contributed by atoms with Crippen molar-refractivity contribution in [1.82, 2.24) is 9.88 Å². The highest BCUT2D eigenvalue weighted by Crippen LogP contribution is 2.28. The number of amides is 1. The molecule has 0 N–H and O–H groups in total. The first kappa shape index (κ1) is 17.9. The number of piperazine rings is 1. The van der Waals surface area contributed by atoms with Crippen LogP contribution in [-0.2, 0) is 0 Å². The highest BCUT2D eigenvalue weighted by atomic mass is 19.3. The number of carbonyl (C=O) groups is 1. The molecule has 1 aliphatic heterocycles. The van der Waals surface area contributed by atoms with Gasteiger partial charge in [0.05, 0.1) is 17.2 Å². The molecule has 8 heteroatoms. The summed E-state index contributed by atoms with van der Waals surface area (Å²) in [6, 6.07) is 12.1. The van der Waals surface area contributed by atoms with Crippen LogP contribution in [0.2, 0.25) is 0 Å². The van der Waals surface area contributed by atoms with Gasteiger partial charge in [-0.15, -0.1) is 0 Å². The fraction of sp³-hybridized carbons (Fsp3) is 0.250. The lowest BCUT2D eigenvalue weighted by atomic mass is 10.1. The number of rotatable bonds is 3. The molecule has 1 amide bonds. The minimum atomic E-state index is -2.76. The van der Waals surface area contributed by atoms with Crippen molar-refractivity contribution in [2.24, 2.45) is 0 Å². The Morgan fingerprint density at radius 2 is 1.96 bits per heavy atom. The molecule has 1 aliphatic rings. The second-order valence-corrected chi connectivity index (χ2v) is 6.46. The van der Waals surface area contributed by atoms with Gasteiger partial charge in [0.25, 0.3) is 12.3 Å². The average Bonchev–Trinajstić information content (AvgIpc) is 3.18. The summed E-state index contributed by atoms with van der Waals surface area (Å²) in [6.45, 7) is 2.16. The Hall–Kier alpha value is -3.47. The molecule has 1 saturated heterocycles. The van der Waals surface area contributed by atoms with Gasteiger partial charge in [0.2, 0.25) is 0 Å². The Morgan fingerprint density at radius 3 is 2.68 bits per heavy atom. The summed E-state index contributed by atoms with van der Waals surface area (Å²) in [5.41, 5.74) is 2.09. The fourth-order valence-electron chi connectivity index (χ4n) is 3.34. The van der Waals surface area contributed by atoms with E-state index in [-0.39, 0.29) is 22.6 Å². The number of hydrogen-bond donors (Lipinski definition) is 0. The molecule has 142 valence electrons. The van der Waals surface area contributed by atoms with Crippen molar-refractivity contribution in [3.63, 3.8) is 0 Å². The minimum Gasteiger partial charge on any atom is -0.452 e. The third-order valence-corrected chi connectivity index (χ3v) is 4.78. The lowest BCUT2D eigenvalue weighted by molar-refractivity contribution is 0.0746. The smallest absolute Gasteiger partial charge is 0.295 e.